The lowest BCUT2D eigenvalue weighted by molar-refractivity contribution is -0.0687. The first-order valence-corrected chi connectivity index (χ1v) is 14.8. The number of aromatic amines is 1. The molecule has 1 saturated heterocycles. The summed E-state index contributed by atoms with van der Waals surface area (Å²) in [5.74, 6) is -0.497. The van der Waals surface area contributed by atoms with Crippen LogP contribution in [0.2, 0.25) is 0 Å². The number of carbonyl (C=O) groups excluding carboxylic acids is 2. The van der Waals surface area contributed by atoms with Gasteiger partial charge in [-0.05, 0) is 51.1 Å². The average Bonchev–Trinajstić information content (AvgIpc) is 3.32. The molecule has 42 heavy (non-hydrogen) atoms. The first-order valence-electron chi connectivity index (χ1n) is 13.2. The van der Waals surface area contributed by atoms with E-state index >= 15 is 0 Å². The Balaban J connectivity index is 1.87. The SMILES string of the molecule is CCOP(=O)(/C=C/[C@@]1(OC(=O)c2ccccc2)CO[C@@H](n2cc(C)c(=O)[nH]c2=O)[C@@H]1OC(=O)c1ccccc1)OCC. The highest BCUT2D eigenvalue weighted by Crippen LogP contribution is 2.51. The second-order valence-corrected chi connectivity index (χ2v) is 11.2. The predicted octanol–water partition coefficient (Wildman–Crippen LogP) is 3.98. The van der Waals surface area contributed by atoms with E-state index in [9.17, 15) is 23.7 Å². The zero-order chi connectivity index (χ0) is 30.3. The normalized spacial score (nSPS) is 20.5. The van der Waals surface area contributed by atoms with Crippen LogP contribution in [-0.2, 0) is 27.8 Å². The van der Waals surface area contributed by atoms with Crippen molar-refractivity contribution < 1.29 is 37.4 Å². The summed E-state index contributed by atoms with van der Waals surface area (Å²) in [6, 6.07) is 16.1. The van der Waals surface area contributed by atoms with Gasteiger partial charge in [-0.3, -0.25) is 18.9 Å². The van der Waals surface area contributed by atoms with Crippen molar-refractivity contribution in [1.82, 2.24) is 9.55 Å². The molecule has 2 aromatic carbocycles. The van der Waals surface area contributed by atoms with Gasteiger partial charge in [0.15, 0.2) is 17.9 Å². The zero-order valence-electron chi connectivity index (χ0n) is 23.3. The van der Waals surface area contributed by atoms with Crippen molar-refractivity contribution in [3.05, 3.63) is 116 Å². The number of nitrogens with one attached hydrogen (secondary N) is 1. The molecule has 13 heteroatoms. The third kappa shape index (κ3) is 6.85. The van der Waals surface area contributed by atoms with Crippen molar-refractivity contribution in [3.8, 4) is 0 Å². The predicted molar refractivity (Wildman–Crippen MR) is 151 cm³/mol. The molecule has 0 aliphatic carbocycles. The molecular weight excluding hydrogens is 567 g/mol. The number of aromatic nitrogens is 2. The standard InChI is InChI=1S/C29H31N2O10P/c1-4-38-42(36,39-5-2)17-16-29(41-27(34)22-14-10-7-11-15-22)19-37-25(31-18-20(3)24(32)30-28(31)35)23(29)40-26(33)21-12-8-6-9-13-21/h6-18,23,25H,4-5,19H2,1-3H3,(H,30,32,35)/b17-16+/t23-,25+,29+/m0/s1. The van der Waals surface area contributed by atoms with Crippen molar-refractivity contribution in [2.24, 2.45) is 0 Å². The quantitative estimate of drug-likeness (QED) is 0.253. The van der Waals surface area contributed by atoms with E-state index in [0.717, 1.165) is 10.4 Å². The van der Waals surface area contributed by atoms with Crippen LogP contribution in [0.25, 0.3) is 0 Å². The van der Waals surface area contributed by atoms with Crippen LogP contribution in [0.5, 0.6) is 0 Å². The smallest absolute Gasteiger partial charge is 0.353 e. The van der Waals surface area contributed by atoms with E-state index in [0.29, 0.717) is 0 Å². The van der Waals surface area contributed by atoms with Crippen molar-refractivity contribution in [1.29, 1.82) is 0 Å². The molecule has 0 amide bonds. The third-order valence-electron chi connectivity index (χ3n) is 6.33. The lowest BCUT2D eigenvalue weighted by Crippen LogP contribution is -2.49. The number of benzene rings is 2. The van der Waals surface area contributed by atoms with E-state index in [1.54, 1.807) is 50.2 Å². The van der Waals surface area contributed by atoms with E-state index in [1.807, 2.05) is 0 Å². The highest BCUT2D eigenvalue weighted by Gasteiger charge is 2.56. The number of nitrogens with zero attached hydrogens (tertiary/aromatic N) is 1. The average molecular weight is 599 g/mol. The summed E-state index contributed by atoms with van der Waals surface area (Å²) in [4.78, 5) is 53.9. The largest absolute Gasteiger partial charge is 0.449 e. The highest BCUT2D eigenvalue weighted by molar-refractivity contribution is 7.57. The molecule has 0 unspecified atom stereocenters. The lowest BCUT2D eigenvalue weighted by atomic mass is 9.97. The Morgan fingerprint density at radius 1 is 1.00 bits per heavy atom. The van der Waals surface area contributed by atoms with Gasteiger partial charge in [0.05, 0.1) is 30.9 Å². The minimum Gasteiger partial charge on any atom is -0.449 e. The molecular formula is C29H31N2O10P. The fraction of sp³-hybridized carbons (Fsp3) is 0.310. The van der Waals surface area contributed by atoms with Crippen molar-refractivity contribution in [2.45, 2.75) is 38.7 Å². The topological polar surface area (TPSA) is 152 Å². The fourth-order valence-corrected chi connectivity index (χ4v) is 5.72. The lowest BCUT2D eigenvalue weighted by Gasteiger charge is -2.32. The summed E-state index contributed by atoms with van der Waals surface area (Å²) >= 11 is 0. The number of hydrogen-bond donors (Lipinski definition) is 1. The minimum absolute atomic E-state index is 0.0516. The first-order chi connectivity index (χ1) is 20.1. The summed E-state index contributed by atoms with van der Waals surface area (Å²) in [7, 11) is -3.85. The number of esters is 2. The molecule has 222 valence electrons. The van der Waals surface area contributed by atoms with Crippen molar-refractivity contribution in [3.63, 3.8) is 0 Å². The molecule has 0 saturated carbocycles. The maximum Gasteiger partial charge on any atom is 0.353 e. The molecule has 0 bridgehead atoms. The number of hydrogen-bond acceptors (Lipinski definition) is 10. The fourth-order valence-electron chi connectivity index (χ4n) is 4.31. The van der Waals surface area contributed by atoms with Crippen LogP contribution in [0, 0.1) is 6.92 Å². The van der Waals surface area contributed by atoms with Gasteiger partial charge in [0, 0.05) is 17.6 Å². The van der Waals surface area contributed by atoms with E-state index in [2.05, 4.69) is 4.98 Å². The zero-order valence-corrected chi connectivity index (χ0v) is 24.2. The summed E-state index contributed by atoms with van der Waals surface area (Å²) in [6.45, 7) is 4.43. The Kier molecular flexibility index (Phi) is 9.74. The molecule has 3 aromatic rings. The van der Waals surface area contributed by atoms with Crippen LogP contribution < -0.4 is 11.2 Å². The Bertz CT molecular complexity index is 1590. The number of carbonyl (C=O) groups is 2. The van der Waals surface area contributed by atoms with Gasteiger partial charge in [-0.15, -0.1) is 0 Å². The van der Waals surface area contributed by atoms with Crippen LogP contribution in [-0.4, -0.2) is 53.0 Å². The summed E-state index contributed by atoms with van der Waals surface area (Å²) in [5, 5.41) is 0. The molecule has 1 aromatic heterocycles. The molecule has 0 radical (unpaired) electrons. The van der Waals surface area contributed by atoms with Gasteiger partial charge in [0.1, 0.15) is 0 Å². The van der Waals surface area contributed by atoms with Crippen LogP contribution >= 0.6 is 7.60 Å². The molecule has 3 atom stereocenters. The number of ether oxygens (including phenoxy) is 3. The summed E-state index contributed by atoms with van der Waals surface area (Å²) in [5.41, 5.74) is -2.85. The van der Waals surface area contributed by atoms with E-state index in [-0.39, 0.29) is 29.9 Å². The molecule has 2 heterocycles. The molecule has 1 N–H and O–H groups in total. The van der Waals surface area contributed by atoms with Crippen molar-refractivity contribution >= 4 is 19.5 Å². The molecule has 1 aliphatic heterocycles. The molecule has 4 rings (SSSR count). The maximum atomic E-state index is 13.4. The second kappa shape index (κ2) is 13.3. The van der Waals surface area contributed by atoms with E-state index in [1.165, 1.54) is 43.5 Å². The monoisotopic (exact) mass is 598 g/mol. The second-order valence-electron chi connectivity index (χ2n) is 9.27. The van der Waals surface area contributed by atoms with E-state index < -0.39 is 55.3 Å². The minimum atomic E-state index is -3.85. The van der Waals surface area contributed by atoms with Gasteiger partial charge in [0.2, 0.25) is 0 Å². The van der Waals surface area contributed by atoms with Crippen LogP contribution in [0.15, 0.2) is 88.3 Å². The third-order valence-corrected chi connectivity index (χ3v) is 8.08. The first kappa shape index (κ1) is 30.9. The maximum absolute atomic E-state index is 13.4. The Morgan fingerprint density at radius 3 is 2.14 bits per heavy atom. The van der Waals surface area contributed by atoms with Gasteiger partial charge in [0.25, 0.3) is 5.56 Å². The molecule has 12 nitrogen and oxygen atoms in total. The Hall–Kier alpha value is -4.09. The number of H-pyrrole nitrogens is 1. The highest BCUT2D eigenvalue weighted by atomic mass is 31.2. The summed E-state index contributed by atoms with van der Waals surface area (Å²) < 4.78 is 43.0. The summed E-state index contributed by atoms with van der Waals surface area (Å²) in [6.07, 6.45) is -0.382. The molecule has 0 spiro atoms. The van der Waals surface area contributed by atoms with Crippen LogP contribution in [0.1, 0.15) is 46.4 Å². The number of rotatable bonds is 11. The Morgan fingerprint density at radius 2 is 1.57 bits per heavy atom. The molecule has 1 aliphatic rings. The van der Waals surface area contributed by atoms with Crippen molar-refractivity contribution in [2.75, 3.05) is 19.8 Å². The van der Waals surface area contributed by atoms with Gasteiger partial charge < -0.3 is 23.3 Å². The van der Waals surface area contributed by atoms with Crippen LogP contribution in [0.4, 0.5) is 0 Å². The molecule has 1 fully saturated rings. The van der Waals surface area contributed by atoms with Gasteiger partial charge >= 0.3 is 25.2 Å². The van der Waals surface area contributed by atoms with Crippen LogP contribution in [0.3, 0.4) is 0 Å². The van der Waals surface area contributed by atoms with Gasteiger partial charge in [-0.1, -0.05) is 36.4 Å². The number of aryl methyl sites for hydroxylation is 1. The van der Waals surface area contributed by atoms with Gasteiger partial charge in [-0.25, -0.2) is 14.4 Å². The Labute approximate surface area is 241 Å². The van der Waals surface area contributed by atoms with E-state index in [4.69, 9.17) is 23.3 Å². The van der Waals surface area contributed by atoms with Gasteiger partial charge in [-0.2, -0.15) is 0 Å².